The molecule has 0 saturated carbocycles. The summed E-state index contributed by atoms with van der Waals surface area (Å²) in [7, 11) is 0. The number of halogens is 2. The predicted octanol–water partition coefficient (Wildman–Crippen LogP) is 2.08. The summed E-state index contributed by atoms with van der Waals surface area (Å²) < 4.78 is 0. The van der Waals surface area contributed by atoms with Crippen LogP contribution in [0.3, 0.4) is 0 Å². The number of piperazine rings is 1. The van der Waals surface area contributed by atoms with E-state index in [1.54, 1.807) is 18.2 Å². The molecule has 1 aromatic rings. The molecule has 0 aliphatic carbocycles. The van der Waals surface area contributed by atoms with Crippen LogP contribution in [0.4, 0.5) is 5.69 Å². The topological polar surface area (TPSA) is 64.7 Å². The molecule has 2 rings (SSSR count). The number of anilines is 1. The summed E-state index contributed by atoms with van der Waals surface area (Å²) in [5.41, 5.74) is 0.533. The van der Waals surface area contributed by atoms with E-state index < -0.39 is 0 Å². The standard InChI is InChI=1S/C17H24Cl2N4O2/c1-2-20-17(25)12-23-9-7-22(8-10-23)6-5-16(24)21-15-11-13(18)3-4-14(15)19/h3-4,11H,2,5-10,12H2,1H3,(H,20,25)(H,21,24). The first-order chi connectivity index (χ1) is 12.0. The number of rotatable bonds is 7. The Balaban J connectivity index is 1.69. The fourth-order valence-electron chi connectivity index (χ4n) is 2.69. The van der Waals surface area contributed by atoms with Crippen molar-refractivity contribution in [3.8, 4) is 0 Å². The molecule has 6 nitrogen and oxygen atoms in total. The maximum atomic E-state index is 12.1. The minimum atomic E-state index is -0.0890. The van der Waals surface area contributed by atoms with Crippen LogP contribution in [0.5, 0.6) is 0 Å². The second-order valence-electron chi connectivity index (χ2n) is 5.99. The Bertz CT molecular complexity index is 604. The van der Waals surface area contributed by atoms with E-state index in [-0.39, 0.29) is 11.8 Å². The number of amides is 2. The fourth-order valence-corrected chi connectivity index (χ4v) is 3.03. The second kappa shape index (κ2) is 9.97. The number of carbonyl (C=O) groups excluding carboxylic acids is 2. The molecule has 1 fully saturated rings. The fraction of sp³-hybridized carbons (Fsp3) is 0.529. The molecule has 0 atom stereocenters. The van der Waals surface area contributed by atoms with Crippen LogP contribution in [-0.2, 0) is 9.59 Å². The lowest BCUT2D eigenvalue weighted by molar-refractivity contribution is -0.122. The third-order valence-electron chi connectivity index (χ3n) is 4.06. The molecule has 25 heavy (non-hydrogen) atoms. The van der Waals surface area contributed by atoms with E-state index in [0.29, 0.717) is 41.8 Å². The van der Waals surface area contributed by atoms with Gasteiger partial charge in [-0.15, -0.1) is 0 Å². The van der Waals surface area contributed by atoms with Gasteiger partial charge in [0.1, 0.15) is 0 Å². The highest BCUT2D eigenvalue weighted by molar-refractivity contribution is 6.35. The maximum absolute atomic E-state index is 12.1. The molecule has 8 heteroatoms. The van der Waals surface area contributed by atoms with Crippen molar-refractivity contribution < 1.29 is 9.59 Å². The summed E-state index contributed by atoms with van der Waals surface area (Å²) in [4.78, 5) is 28.1. The van der Waals surface area contributed by atoms with Crippen LogP contribution in [0.1, 0.15) is 13.3 Å². The third kappa shape index (κ3) is 6.82. The maximum Gasteiger partial charge on any atom is 0.234 e. The van der Waals surface area contributed by atoms with E-state index in [1.165, 1.54) is 0 Å². The average Bonchev–Trinajstić information content (AvgIpc) is 2.58. The lowest BCUT2D eigenvalue weighted by Crippen LogP contribution is -2.49. The van der Waals surface area contributed by atoms with Crippen LogP contribution in [-0.4, -0.2) is 67.4 Å². The first-order valence-corrected chi connectivity index (χ1v) is 9.20. The molecule has 1 saturated heterocycles. The van der Waals surface area contributed by atoms with Crippen molar-refractivity contribution in [2.45, 2.75) is 13.3 Å². The van der Waals surface area contributed by atoms with E-state index in [1.807, 2.05) is 6.92 Å². The Kier molecular flexibility index (Phi) is 7.96. The average molecular weight is 387 g/mol. The molecule has 138 valence electrons. The summed E-state index contributed by atoms with van der Waals surface area (Å²) in [6.07, 6.45) is 0.388. The van der Waals surface area contributed by atoms with Gasteiger partial charge < -0.3 is 15.5 Å². The Labute approximate surface area is 158 Å². The van der Waals surface area contributed by atoms with Crippen LogP contribution in [0, 0.1) is 0 Å². The molecule has 0 aromatic heterocycles. The zero-order valence-corrected chi connectivity index (χ0v) is 15.9. The highest BCUT2D eigenvalue weighted by Crippen LogP contribution is 2.25. The van der Waals surface area contributed by atoms with Crippen molar-refractivity contribution in [1.29, 1.82) is 0 Å². The predicted molar refractivity (Wildman–Crippen MR) is 101 cm³/mol. The molecule has 1 heterocycles. The number of carbonyl (C=O) groups is 2. The zero-order chi connectivity index (χ0) is 18.2. The normalized spacial score (nSPS) is 15.8. The van der Waals surface area contributed by atoms with E-state index in [4.69, 9.17) is 23.2 Å². The lowest BCUT2D eigenvalue weighted by Gasteiger charge is -2.34. The van der Waals surface area contributed by atoms with Gasteiger partial charge >= 0.3 is 0 Å². The first-order valence-electron chi connectivity index (χ1n) is 8.44. The van der Waals surface area contributed by atoms with Crippen molar-refractivity contribution in [2.75, 3.05) is 51.1 Å². The molecule has 2 N–H and O–H groups in total. The minimum absolute atomic E-state index is 0.0636. The largest absolute Gasteiger partial charge is 0.355 e. The van der Waals surface area contributed by atoms with Crippen molar-refractivity contribution in [3.05, 3.63) is 28.2 Å². The van der Waals surface area contributed by atoms with Gasteiger partial charge in [-0.2, -0.15) is 0 Å². The monoisotopic (exact) mass is 386 g/mol. The molecule has 0 radical (unpaired) electrons. The molecule has 1 aliphatic heterocycles. The van der Waals surface area contributed by atoms with Crippen molar-refractivity contribution in [2.24, 2.45) is 0 Å². The molecule has 1 aromatic carbocycles. The van der Waals surface area contributed by atoms with E-state index in [9.17, 15) is 9.59 Å². The summed E-state index contributed by atoms with van der Waals surface area (Å²) in [6.45, 7) is 7.06. The van der Waals surface area contributed by atoms with Gasteiger partial charge in [0.05, 0.1) is 17.3 Å². The number of hydrogen-bond acceptors (Lipinski definition) is 4. The molecule has 0 bridgehead atoms. The zero-order valence-electron chi connectivity index (χ0n) is 14.4. The van der Waals surface area contributed by atoms with Crippen LogP contribution in [0.25, 0.3) is 0 Å². The van der Waals surface area contributed by atoms with Gasteiger partial charge in [0.15, 0.2) is 0 Å². The van der Waals surface area contributed by atoms with Gasteiger partial charge in [0, 0.05) is 50.7 Å². The third-order valence-corrected chi connectivity index (χ3v) is 4.63. The van der Waals surface area contributed by atoms with Gasteiger partial charge in [0.25, 0.3) is 0 Å². The molecular weight excluding hydrogens is 363 g/mol. The van der Waals surface area contributed by atoms with Crippen LogP contribution in [0.2, 0.25) is 10.0 Å². The number of hydrogen-bond donors (Lipinski definition) is 2. The molecule has 1 aliphatic rings. The van der Waals surface area contributed by atoms with E-state index in [0.717, 1.165) is 26.2 Å². The molecule has 2 amide bonds. The quantitative estimate of drug-likeness (QED) is 0.752. The molecule has 0 unspecified atom stereocenters. The van der Waals surface area contributed by atoms with Crippen LogP contribution >= 0.6 is 23.2 Å². The highest BCUT2D eigenvalue weighted by atomic mass is 35.5. The summed E-state index contributed by atoms with van der Waals surface area (Å²) in [5, 5.41) is 6.60. The number of benzene rings is 1. The van der Waals surface area contributed by atoms with Crippen LogP contribution in [0.15, 0.2) is 18.2 Å². The van der Waals surface area contributed by atoms with E-state index >= 15 is 0 Å². The van der Waals surface area contributed by atoms with Gasteiger partial charge in [-0.1, -0.05) is 23.2 Å². The Morgan fingerprint density at radius 1 is 1.08 bits per heavy atom. The minimum Gasteiger partial charge on any atom is -0.355 e. The van der Waals surface area contributed by atoms with E-state index in [2.05, 4.69) is 20.4 Å². The summed E-state index contributed by atoms with van der Waals surface area (Å²) in [5.74, 6) is -0.0253. The highest BCUT2D eigenvalue weighted by Gasteiger charge is 2.19. The number of nitrogens with zero attached hydrogens (tertiary/aromatic N) is 2. The van der Waals surface area contributed by atoms with Gasteiger partial charge in [-0.05, 0) is 25.1 Å². The Hall–Kier alpha value is -1.34. The van der Waals surface area contributed by atoms with Gasteiger partial charge in [0.2, 0.25) is 11.8 Å². The molecular formula is C17H24Cl2N4O2. The van der Waals surface area contributed by atoms with Crippen LogP contribution < -0.4 is 10.6 Å². The smallest absolute Gasteiger partial charge is 0.234 e. The first kappa shape index (κ1) is 20.0. The number of likely N-dealkylation sites (N-methyl/N-ethyl adjacent to an activating group) is 1. The van der Waals surface area contributed by atoms with Gasteiger partial charge in [-0.25, -0.2) is 0 Å². The van der Waals surface area contributed by atoms with Crippen molar-refractivity contribution >= 4 is 40.7 Å². The number of nitrogens with one attached hydrogen (secondary N) is 2. The van der Waals surface area contributed by atoms with Crippen molar-refractivity contribution in [1.82, 2.24) is 15.1 Å². The van der Waals surface area contributed by atoms with Crippen molar-refractivity contribution in [3.63, 3.8) is 0 Å². The summed E-state index contributed by atoms with van der Waals surface area (Å²) in [6, 6.07) is 4.98. The Morgan fingerprint density at radius 2 is 1.76 bits per heavy atom. The lowest BCUT2D eigenvalue weighted by atomic mass is 10.2. The Morgan fingerprint density at radius 3 is 2.44 bits per heavy atom. The molecule has 0 spiro atoms. The summed E-state index contributed by atoms with van der Waals surface area (Å²) >= 11 is 12.0. The SMILES string of the molecule is CCNC(=O)CN1CCN(CCC(=O)Nc2cc(Cl)ccc2Cl)CC1. The van der Waals surface area contributed by atoms with Gasteiger partial charge in [-0.3, -0.25) is 14.5 Å². The second-order valence-corrected chi connectivity index (χ2v) is 6.84.